The third kappa shape index (κ3) is 5.15. The van der Waals surface area contributed by atoms with Crippen molar-refractivity contribution in [3.63, 3.8) is 0 Å². The van der Waals surface area contributed by atoms with Crippen LogP contribution in [0.2, 0.25) is 0 Å². The Kier molecular flexibility index (Phi) is 5.09. The van der Waals surface area contributed by atoms with Crippen molar-refractivity contribution in [3.8, 4) is 0 Å². The van der Waals surface area contributed by atoms with Gasteiger partial charge in [0.05, 0.1) is 6.54 Å². The molecule has 0 aliphatic carbocycles. The molecule has 0 radical (unpaired) electrons. The SMILES string of the molecule is C[C@H](c1ccccc1)C(F)(F)CNC(=O)OC(C)(C)C. The maximum absolute atomic E-state index is 14.0. The van der Waals surface area contributed by atoms with E-state index in [0.29, 0.717) is 5.56 Å². The molecule has 0 spiro atoms. The third-order valence-electron chi connectivity index (χ3n) is 2.80. The van der Waals surface area contributed by atoms with Crippen LogP contribution in [0, 0.1) is 0 Å². The van der Waals surface area contributed by atoms with Crippen LogP contribution < -0.4 is 5.32 Å². The molecule has 0 bridgehead atoms. The zero-order chi connectivity index (χ0) is 15.4. The van der Waals surface area contributed by atoms with Gasteiger partial charge in [0.25, 0.3) is 5.92 Å². The summed E-state index contributed by atoms with van der Waals surface area (Å²) >= 11 is 0. The van der Waals surface area contributed by atoms with Gasteiger partial charge in [0.2, 0.25) is 0 Å². The molecule has 0 unspecified atom stereocenters. The topological polar surface area (TPSA) is 38.3 Å². The van der Waals surface area contributed by atoms with Crippen LogP contribution in [0.5, 0.6) is 0 Å². The van der Waals surface area contributed by atoms with E-state index in [0.717, 1.165) is 0 Å². The van der Waals surface area contributed by atoms with E-state index in [-0.39, 0.29) is 0 Å². The number of carbonyl (C=O) groups excluding carboxylic acids is 1. The molecular formula is C15H21F2NO2. The van der Waals surface area contributed by atoms with Crippen LogP contribution in [-0.2, 0) is 4.74 Å². The van der Waals surface area contributed by atoms with Gasteiger partial charge >= 0.3 is 6.09 Å². The molecule has 0 heterocycles. The molecule has 112 valence electrons. The molecule has 1 aromatic rings. The van der Waals surface area contributed by atoms with E-state index in [9.17, 15) is 13.6 Å². The Morgan fingerprint density at radius 1 is 1.25 bits per heavy atom. The van der Waals surface area contributed by atoms with Gasteiger partial charge in [0.15, 0.2) is 0 Å². The zero-order valence-electron chi connectivity index (χ0n) is 12.2. The van der Waals surface area contributed by atoms with E-state index in [1.165, 1.54) is 6.92 Å². The normalized spacial score (nSPS) is 13.7. The number of amides is 1. The average Bonchev–Trinajstić information content (AvgIpc) is 2.35. The molecule has 5 heteroatoms. The summed E-state index contributed by atoms with van der Waals surface area (Å²) in [6, 6.07) is 8.48. The molecule has 0 aliphatic rings. The standard InChI is InChI=1S/C15H21F2NO2/c1-11(12-8-6-5-7-9-12)15(16,17)10-18-13(19)20-14(2,3)4/h5-9,11H,10H2,1-4H3,(H,18,19)/t11-/m1/s1. The summed E-state index contributed by atoms with van der Waals surface area (Å²) in [5.41, 5.74) is -0.173. The lowest BCUT2D eigenvalue weighted by Gasteiger charge is -2.25. The first-order valence-electron chi connectivity index (χ1n) is 6.51. The van der Waals surface area contributed by atoms with Crippen LogP contribution in [0.25, 0.3) is 0 Å². The van der Waals surface area contributed by atoms with E-state index in [1.807, 2.05) is 0 Å². The summed E-state index contributed by atoms with van der Waals surface area (Å²) in [6.45, 7) is 5.72. The number of benzene rings is 1. The maximum Gasteiger partial charge on any atom is 0.407 e. The summed E-state index contributed by atoms with van der Waals surface area (Å²) in [7, 11) is 0. The Balaban J connectivity index is 2.59. The maximum atomic E-state index is 14.0. The first-order valence-corrected chi connectivity index (χ1v) is 6.51. The van der Waals surface area contributed by atoms with Gasteiger partial charge in [0.1, 0.15) is 5.60 Å². The quantitative estimate of drug-likeness (QED) is 0.909. The Morgan fingerprint density at radius 2 is 1.80 bits per heavy atom. The largest absolute Gasteiger partial charge is 0.444 e. The number of nitrogens with one attached hydrogen (secondary N) is 1. The molecule has 0 aliphatic heterocycles. The Hall–Kier alpha value is -1.65. The number of alkyl carbamates (subject to hydrolysis) is 1. The van der Waals surface area contributed by atoms with Crippen LogP contribution in [0.1, 0.15) is 39.2 Å². The van der Waals surface area contributed by atoms with Crippen molar-refractivity contribution >= 4 is 6.09 Å². The highest BCUT2D eigenvalue weighted by Gasteiger charge is 2.38. The second kappa shape index (κ2) is 6.20. The lowest BCUT2D eigenvalue weighted by Crippen LogP contribution is -2.42. The summed E-state index contributed by atoms with van der Waals surface area (Å²) < 4.78 is 33.0. The van der Waals surface area contributed by atoms with Crippen LogP contribution in [0.3, 0.4) is 0 Å². The first-order chi connectivity index (χ1) is 9.12. The number of halogens is 2. The number of carbonyl (C=O) groups is 1. The fourth-order valence-electron chi connectivity index (χ4n) is 1.64. The Labute approximate surface area is 118 Å². The number of rotatable bonds is 4. The molecule has 1 amide bonds. The number of alkyl halides is 2. The van der Waals surface area contributed by atoms with Crippen LogP contribution >= 0.6 is 0 Å². The van der Waals surface area contributed by atoms with Crippen molar-refractivity contribution in [1.82, 2.24) is 5.32 Å². The van der Waals surface area contributed by atoms with E-state index in [4.69, 9.17) is 4.74 Å². The van der Waals surface area contributed by atoms with Gasteiger partial charge in [0, 0.05) is 5.92 Å². The van der Waals surface area contributed by atoms with Crippen molar-refractivity contribution < 1.29 is 18.3 Å². The van der Waals surface area contributed by atoms with E-state index in [2.05, 4.69) is 5.32 Å². The second-order valence-electron chi connectivity index (χ2n) is 5.75. The lowest BCUT2D eigenvalue weighted by molar-refractivity contribution is -0.0244. The minimum Gasteiger partial charge on any atom is -0.444 e. The molecule has 1 N–H and O–H groups in total. The summed E-state index contributed by atoms with van der Waals surface area (Å²) in [5, 5.41) is 2.12. The smallest absolute Gasteiger partial charge is 0.407 e. The Bertz CT molecular complexity index is 441. The molecule has 0 saturated heterocycles. The van der Waals surface area contributed by atoms with E-state index in [1.54, 1.807) is 51.1 Å². The van der Waals surface area contributed by atoms with Crippen LogP contribution in [0.4, 0.5) is 13.6 Å². The average molecular weight is 285 g/mol. The van der Waals surface area contributed by atoms with Gasteiger partial charge in [-0.3, -0.25) is 0 Å². The first kappa shape index (κ1) is 16.4. The van der Waals surface area contributed by atoms with E-state index >= 15 is 0 Å². The van der Waals surface area contributed by atoms with Crippen molar-refractivity contribution in [1.29, 1.82) is 0 Å². The van der Waals surface area contributed by atoms with Crippen LogP contribution in [0.15, 0.2) is 30.3 Å². The molecule has 1 aromatic carbocycles. The van der Waals surface area contributed by atoms with Crippen LogP contribution in [-0.4, -0.2) is 24.2 Å². The van der Waals surface area contributed by atoms with Crippen molar-refractivity contribution in [2.75, 3.05) is 6.54 Å². The predicted octanol–water partition coefficient (Wildman–Crippen LogP) is 3.95. The van der Waals surface area contributed by atoms with Crippen molar-refractivity contribution in [2.24, 2.45) is 0 Å². The lowest BCUT2D eigenvalue weighted by atomic mass is 9.94. The monoisotopic (exact) mass is 285 g/mol. The van der Waals surface area contributed by atoms with Gasteiger partial charge in [-0.15, -0.1) is 0 Å². The summed E-state index contributed by atoms with van der Waals surface area (Å²) in [4.78, 5) is 11.4. The zero-order valence-corrected chi connectivity index (χ0v) is 12.2. The molecule has 20 heavy (non-hydrogen) atoms. The molecular weight excluding hydrogens is 264 g/mol. The highest BCUT2D eigenvalue weighted by atomic mass is 19.3. The second-order valence-corrected chi connectivity index (χ2v) is 5.75. The van der Waals surface area contributed by atoms with Gasteiger partial charge in [-0.2, -0.15) is 0 Å². The molecule has 0 aromatic heterocycles. The van der Waals surface area contributed by atoms with Gasteiger partial charge in [-0.05, 0) is 26.3 Å². The van der Waals surface area contributed by atoms with Crippen molar-refractivity contribution in [3.05, 3.63) is 35.9 Å². The number of ether oxygens (including phenoxy) is 1. The molecule has 0 fully saturated rings. The Morgan fingerprint density at radius 3 is 2.30 bits per heavy atom. The highest BCUT2D eigenvalue weighted by molar-refractivity contribution is 5.67. The molecule has 0 saturated carbocycles. The number of hydrogen-bond acceptors (Lipinski definition) is 2. The highest BCUT2D eigenvalue weighted by Crippen LogP contribution is 2.32. The summed E-state index contributed by atoms with van der Waals surface area (Å²) in [6.07, 6.45) is -0.836. The third-order valence-corrected chi connectivity index (χ3v) is 2.80. The summed E-state index contributed by atoms with van der Waals surface area (Å²) in [5.74, 6) is -4.03. The molecule has 1 atom stereocenters. The van der Waals surface area contributed by atoms with Gasteiger partial charge in [-0.25, -0.2) is 13.6 Å². The van der Waals surface area contributed by atoms with Gasteiger partial charge < -0.3 is 10.1 Å². The fraction of sp³-hybridized carbons (Fsp3) is 0.533. The minimum atomic E-state index is -3.04. The van der Waals surface area contributed by atoms with Gasteiger partial charge in [-0.1, -0.05) is 37.3 Å². The minimum absolute atomic E-state index is 0.531. The number of hydrogen-bond donors (Lipinski definition) is 1. The molecule has 3 nitrogen and oxygen atoms in total. The predicted molar refractivity (Wildman–Crippen MR) is 74.0 cm³/mol. The molecule has 1 rings (SSSR count). The van der Waals surface area contributed by atoms with Crippen molar-refractivity contribution in [2.45, 2.75) is 45.1 Å². The fourth-order valence-corrected chi connectivity index (χ4v) is 1.64. The van der Waals surface area contributed by atoms with E-state index < -0.39 is 30.1 Å².